The van der Waals surface area contributed by atoms with Gasteiger partial charge in [0.2, 0.25) is 0 Å². The molecular weight excluding hydrogens is 300 g/mol. The number of fused-ring (bicyclic) bond motifs is 1. The van der Waals surface area contributed by atoms with Crippen LogP contribution < -0.4 is 0 Å². The van der Waals surface area contributed by atoms with Gasteiger partial charge in [0.1, 0.15) is 0 Å². The van der Waals surface area contributed by atoms with E-state index >= 15 is 0 Å². The second kappa shape index (κ2) is 4.53. The normalized spacial score (nSPS) is 11.9. The lowest BCUT2D eigenvalue weighted by atomic mass is 10.2. The molecule has 2 aromatic heterocycles. The van der Waals surface area contributed by atoms with Gasteiger partial charge in [-0.1, -0.05) is 11.6 Å². The van der Waals surface area contributed by atoms with Crippen LogP contribution in [-0.2, 0) is 9.84 Å². The first kappa shape index (κ1) is 13.0. The van der Waals surface area contributed by atoms with E-state index in [-0.39, 0.29) is 10.0 Å². The Labute approximate surface area is 120 Å². The summed E-state index contributed by atoms with van der Waals surface area (Å²) in [4.78, 5) is 4.18. The third-order valence-corrected chi connectivity index (χ3v) is 4.22. The number of nitrogens with zero attached hydrogens (tertiary/aromatic N) is 4. The van der Waals surface area contributed by atoms with Crippen molar-refractivity contribution in [1.82, 2.24) is 19.6 Å². The number of rotatable bonds is 2. The molecule has 0 atom stereocenters. The van der Waals surface area contributed by atoms with Gasteiger partial charge in [-0.2, -0.15) is 0 Å². The zero-order chi connectivity index (χ0) is 14.3. The molecule has 0 amide bonds. The average Bonchev–Trinajstić information content (AvgIpc) is 2.83. The van der Waals surface area contributed by atoms with Crippen LogP contribution in [0.25, 0.3) is 17.0 Å². The third-order valence-electron chi connectivity index (χ3n) is 2.82. The molecule has 3 aromatic rings. The van der Waals surface area contributed by atoms with Crippen LogP contribution in [0, 0.1) is 0 Å². The molecule has 2 heterocycles. The van der Waals surface area contributed by atoms with Crippen molar-refractivity contribution in [2.75, 3.05) is 6.26 Å². The molecule has 20 heavy (non-hydrogen) atoms. The van der Waals surface area contributed by atoms with Crippen LogP contribution in [-0.4, -0.2) is 34.3 Å². The van der Waals surface area contributed by atoms with E-state index in [1.807, 2.05) is 0 Å². The Kier molecular flexibility index (Phi) is 2.95. The van der Waals surface area contributed by atoms with Crippen LogP contribution >= 0.6 is 11.6 Å². The Morgan fingerprint density at radius 1 is 1.15 bits per heavy atom. The molecule has 8 heteroatoms. The number of halogens is 1. The van der Waals surface area contributed by atoms with E-state index in [1.54, 1.807) is 28.9 Å². The van der Waals surface area contributed by atoms with Crippen molar-refractivity contribution >= 4 is 27.1 Å². The Bertz CT molecular complexity index is 887. The van der Waals surface area contributed by atoms with Crippen molar-refractivity contribution in [2.24, 2.45) is 0 Å². The maximum atomic E-state index is 11.4. The van der Waals surface area contributed by atoms with Gasteiger partial charge in [0.05, 0.1) is 4.90 Å². The van der Waals surface area contributed by atoms with Crippen molar-refractivity contribution in [3.63, 3.8) is 0 Å². The molecule has 0 radical (unpaired) electrons. The van der Waals surface area contributed by atoms with Crippen LogP contribution in [0.15, 0.2) is 41.6 Å². The summed E-state index contributed by atoms with van der Waals surface area (Å²) in [5.74, 6) is 0.573. The highest BCUT2D eigenvalue weighted by Crippen LogP contribution is 2.22. The zero-order valence-electron chi connectivity index (χ0n) is 10.4. The summed E-state index contributed by atoms with van der Waals surface area (Å²) >= 11 is 5.93. The van der Waals surface area contributed by atoms with Crippen molar-refractivity contribution in [3.05, 3.63) is 41.8 Å². The SMILES string of the molecule is CS(=O)(=O)c1ccc(-c2nnc3c(Cl)nccn23)cc1. The molecule has 0 fully saturated rings. The van der Waals surface area contributed by atoms with E-state index in [9.17, 15) is 8.42 Å². The Balaban J connectivity index is 2.14. The minimum atomic E-state index is -3.21. The topological polar surface area (TPSA) is 77.2 Å². The van der Waals surface area contributed by atoms with E-state index in [1.165, 1.54) is 18.4 Å². The number of hydrogen-bond donors (Lipinski definition) is 0. The van der Waals surface area contributed by atoms with Crippen LogP contribution in [0.1, 0.15) is 0 Å². The Hall–Kier alpha value is -1.99. The maximum Gasteiger partial charge on any atom is 0.198 e. The summed E-state index contributed by atoms with van der Waals surface area (Å²) in [5, 5.41) is 8.29. The predicted molar refractivity (Wildman–Crippen MR) is 74.3 cm³/mol. The molecule has 102 valence electrons. The van der Waals surface area contributed by atoms with Gasteiger partial charge in [0.25, 0.3) is 0 Å². The summed E-state index contributed by atoms with van der Waals surface area (Å²) in [5.41, 5.74) is 1.20. The predicted octanol–water partition coefficient (Wildman–Crippen LogP) is 1.85. The van der Waals surface area contributed by atoms with Crippen molar-refractivity contribution < 1.29 is 8.42 Å². The largest absolute Gasteiger partial charge is 0.278 e. The lowest BCUT2D eigenvalue weighted by molar-refractivity contribution is 0.602. The maximum absolute atomic E-state index is 11.4. The van der Waals surface area contributed by atoms with E-state index < -0.39 is 9.84 Å². The minimum absolute atomic E-state index is 0.259. The summed E-state index contributed by atoms with van der Waals surface area (Å²) in [6.45, 7) is 0. The summed E-state index contributed by atoms with van der Waals surface area (Å²) in [6, 6.07) is 6.44. The molecule has 3 rings (SSSR count). The first-order valence-electron chi connectivity index (χ1n) is 5.62. The van der Waals surface area contributed by atoms with Gasteiger partial charge in [0, 0.05) is 24.2 Å². The van der Waals surface area contributed by atoms with Gasteiger partial charge >= 0.3 is 0 Å². The fraction of sp³-hybridized carbons (Fsp3) is 0.0833. The lowest BCUT2D eigenvalue weighted by Crippen LogP contribution is -1.97. The molecule has 0 bridgehead atoms. The highest BCUT2D eigenvalue weighted by atomic mass is 35.5. The van der Waals surface area contributed by atoms with E-state index in [0.29, 0.717) is 11.5 Å². The number of hydrogen-bond acceptors (Lipinski definition) is 5. The molecule has 6 nitrogen and oxygen atoms in total. The monoisotopic (exact) mass is 308 g/mol. The fourth-order valence-corrected chi connectivity index (χ4v) is 2.66. The van der Waals surface area contributed by atoms with E-state index in [0.717, 1.165) is 5.56 Å². The molecular formula is C12H9ClN4O2S. The molecule has 0 aliphatic rings. The summed E-state index contributed by atoms with van der Waals surface area (Å²) in [7, 11) is -3.21. The number of sulfone groups is 1. The highest BCUT2D eigenvalue weighted by Gasteiger charge is 2.12. The zero-order valence-corrected chi connectivity index (χ0v) is 11.9. The van der Waals surface area contributed by atoms with Gasteiger partial charge in [0.15, 0.2) is 26.5 Å². The van der Waals surface area contributed by atoms with Gasteiger partial charge in [-0.3, -0.25) is 4.40 Å². The van der Waals surface area contributed by atoms with Crippen LogP contribution in [0.5, 0.6) is 0 Å². The second-order valence-corrected chi connectivity index (χ2v) is 6.61. The molecule has 0 aliphatic heterocycles. The standard InChI is InChI=1S/C12H9ClN4O2S/c1-20(18,19)9-4-2-8(3-5-9)11-15-16-12-10(13)14-6-7-17(11)12/h2-7H,1H3. The van der Waals surface area contributed by atoms with Gasteiger partial charge in [-0.05, 0) is 24.3 Å². The average molecular weight is 309 g/mol. The second-order valence-electron chi connectivity index (χ2n) is 4.23. The van der Waals surface area contributed by atoms with Crippen molar-refractivity contribution in [3.8, 4) is 11.4 Å². The first-order valence-corrected chi connectivity index (χ1v) is 7.89. The molecule has 0 N–H and O–H groups in total. The van der Waals surface area contributed by atoms with E-state index in [4.69, 9.17) is 11.6 Å². The molecule has 0 saturated carbocycles. The van der Waals surface area contributed by atoms with E-state index in [2.05, 4.69) is 15.2 Å². The Morgan fingerprint density at radius 2 is 1.85 bits per heavy atom. The smallest absolute Gasteiger partial charge is 0.198 e. The van der Waals surface area contributed by atoms with Gasteiger partial charge < -0.3 is 0 Å². The summed E-state index contributed by atoms with van der Waals surface area (Å²) in [6.07, 6.45) is 4.41. The molecule has 0 unspecified atom stereocenters. The highest BCUT2D eigenvalue weighted by molar-refractivity contribution is 7.90. The minimum Gasteiger partial charge on any atom is -0.278 e. The first-order chi connectivity index (χ1) is 9.47. The number of aromatic nitrogens is 4. The quantitative estimate of drug-likeness (QED) is 0.722. The molecule has 0 spiro atoms. The fourth-order valence-electron chi connectivity index (χ4n) is 1.84. The third kappa shape index (κ3) is 2.14. The van der Waals surface area contributed by atoms with Crippen LogP contribution in [0.2, 0.25) is 5.15 Å². The number of benzene rings is 1. The molecule has 0 aliphatic carbocycles. The van der Waals surface area contributed by atoms with Crippen LogP contribution in [0.4, 0.5) is 0 Å². The van der Waals surface area contributed by atoms with Gasteiger partial charge in [-0.25, -0.2) is 13.4 Å². The van der Waals surface area contributed by atoms with Crippen LogP contribution in [0.3, 0.4) is 0 Å². The van der Waals surface area contributed by atoms with Crippen molar-refractivity contribution in [2.45, 2.75) is 4.90 Å². The summed E-state index contributed by atoms with van der Waals surface area (Å²) < 4.78 is 24.6. The van der Waals surface area contributed by atoms with Gasteiger partial charge in [-0.15, -0.1) is 10.2 Å². The lowest BCUT2D eigenvalue weighted by Gasteiger charge is -2.02. The van der Waals surface area contributed by atoms with Crippen molar-refractivity contribution in [1.29, 1.82) is 0 Å². The molecule has 0 saturated heterocycles. The molecule has 1 aromatic carbocycles. The Morgan fingerprint density at radius 3 is 2.50 bits per heavy atom.